The minimum Gasteiger partial charge on any atom is -0.454 e. The van der Waals surface area contributed by atoms with Gasteiger partial charge in [0.1, 0.15) is 18.1 Å². The van der Waals surface area contributed by atoms with Crippen molar-refractivity contribution >= 4 is 28.2 Å². The summed E-state index contributed by atoms with van der Waals surface area (Å²) in [6.07, 6.45) is -4.62. The van der Waals surface area contributed by atoms with E-state index in [-0.39, 0.29) is 28.0 Å². The van der Waals surface area contributed by atoms with E-state index in [1.165, 1.54) is 12.1 Å². The average molecular weight is 478 g/mol. The first-order valence-corrected chi connectivity index (χ1v) is 10.0. The number of ether oxygens (including phenoxy) is 2. The van der Waals surface area contributed by atoms with Crippen LogP contribution in [0.15, 0.2) is 41.2 Å². The number of esters is 1. The van der Waals surface area contributed by atoms with Crippen LogP contribution in [0.25, 0.3) is 10.9 Å². The number of hydrogen-bond acceptors (Lipinski definition) is 8. The third kappa shape index (κ3) is 4.83. The number of nitro benzene ring substituents is 1. The molecule has 10 nitrogen and oxygen atoms in total. The van der Waals surface area contributed by atoms with Crippen LogP contribution in [0.5, 0.6) is 0 Å². The SMILES string of the molecule is O=C(OCc1nc2cc(C(F)(F)F)ccc2c(=O)[nH]1)c1ccc(N2CCOCC2)c([N+](=O)[O-])c1. The summed E-state index contributed by atoms with van der Waals surface area (Å²) in [5.41, 5.74) is -1.94. The number of morpholine rings is 1. The van der Waals surface area contributed by atoms with Crippen molar-refractivity contribution in [3.05, 3.63) is 73.8 Å². The second-order valence-corrected chi connectivity index (χ2v) is 7.38. The van der Waals surface area contributed by atoms with Crippen LogP contribution in [0.3, 0.4) is 0 Å². The van der Waals surface area contributed by atoms with Crippen LogP contribution >= 0.6 is 0 Å². The summed E-state index contributed by atoms with van der Waals surface area (Å²) in [5.74, 6) is -1.10. The number of aromatic nitrogens is 2. The van der Waals surface area contributed by atoms with Crippen molar-refractivity contribution in [2.24, 2.45) is 0 Å². The molecule has 1 fully saturated rings. The fourth-order valence-electron chi connectivity index (χ4n) is 3.52. The number of anilines is 1. The highest BCUT2D eigenvalue weighted by atomic mass is 19.4. The molecule has 0 radical (unpaired) electrons. The van der Waals surface area contributed by atoms with Crippen molar-refractivity contribution in [2.45, 2.75) is 12.8 Å². The Labute approximate surface area is 189 Å². The van der Waals surface area contributed by atoms with Crippen LogP contribution in [0.4, 0.5) is 24.5 Å². The van der Waals surface area contributed by atoms with Crippen molar-refractivity contribution in [3.8, 4) is 0 Å². The maximum Gasteiger partial charge on any atom is 0.416 e. The standard InChI is InChI=1S/C21H17F3N4O6/c22-21(23,24)13-2-3-14-15(10-13)25-18(26-19(14)29)11-34-20(30)12-1-4-16(17(9-12)28(31)32)27-5-7-33-8-6-27/h1-4,9-10H,5-8,11H2,(H,25,26,29). The monoisotopic (exact) mass is 478 g/mol. The largest absolute Gasteiger partial charge is 0.454 e. The maximum atomic E-state index is 13.0. The summed E-state index contributed by atoms with van der Waals surface area (Å²) in [5, 5.41) is 11.5. The number of carbonyl (C=O) groups is 1. The van der Waals surface area contributed by atoms with Gasteiger partial charge < -0.3 is 19.4 Å². The highest BCUT2D eigenvalue weighted by Gasteiger charge is 2.31. The molecule has 0 unspecified atom stereocenters. The lowest BCUT2D eigenvalue weighted by Gasteiger charge is -2.28. The number of hydrogen-bond donors (Lipinski definition) is 1. The number of carbonyl (C=O) groups excluding carboxylic acids is 1. The second kappa shape index (κ2) is 9.09. The van der Waals surface area contributed by atoms with Crippen LogP contribution in [0, 0.1) is 10.1 Å². The Bertz CT molecular complexity index is 1320. The molecule has 0 amide bonds. The molecule has 0 bridgehead atoms. The van der Waals surface area contributed by atoms with Crippen LogP contribution in [0.1, 0.15) is 21.7 Å². The Morgan fingerprint density at radius 2 is 1.94 bits per heavy atom. The van der Waals surface area contributed by atoms with Gasteiger partial charge in [0.25, 0.3) is 11.2 Å². The van der Waals surface area contributed by atoms with Crippen LogP contribution in [-0.2, 0) is 22.3 Å². The van der Waals surface area contributed by atoms with E-state index in [0.717, 1.165) is 24.3 Å². The molecular formula is C21H17F3N4O6. The normalized spacial score (nSPS) is 14.3. The molecule has 0 spiro atoms. The Hall–Kier alpha value is -4.00. The third-order valence-electron chi connectivity index (χ3n) is 5.18. The van der Waals surface area contributed by atoms with Crippen LogP contribution in [0.2, 0.25) is 0 Å². The maximum absolute atomic E-state index is 13.0. The topological polar surface area (TPSA) is 128 Å². The molecule has 2 heterocycles. The number of rotatable bonds is 5. The molecule has 1 aliphatic rings. The number of H-pyrrole nitrogens is 1. The van der Waals surface area contributed by atoms with Gasteiger partial charge in [-0.3, -0.25) is 14.9 Å². The Kier molecular flexibility index (Phi) is 6.20. The van der Waals surface area contributed by atoms with Gasteiger partial charge in [-0.25, -0.2) is 9.78 Å². The lowest BCUT2D eigenvalue weighted by atomic mass is 10.1. The molecule has 2 aromatic carbocycles. The van der Waals surface area contributed by atoms with Gasteiger partial charge in [-0.2, -0.15) is 13.2 Å². The van der Waals surface area contributed by atoms with Crippen LogP contribution < -0.4 is 10.5 Å². The van der Waals surface area contributed by atoms with E-state index in [4.69, 9.17) is 9.47 Å². The molecule has 4 rings (SSSR count). The highest BCUT2D eigenvalue weighted by molar-refractivity contribution is 5.91. The van der Waals surface area contributed by atoms with Gasteiger partial charge in [0.05, 0.1) is 40.2 Å². The lowest BCUT2D eigenvalue weighted by molar-refractivity contribution is -0.384. The molecule has 1 saturated heterocycles. The van der Waals surface area contributed by atoms with E-state index >= 15 is 0 Å². The summed E-state index contributed by atoms with van der Waals surface area (Å²) >= 11 is 0. The number of nitro groups is 1. The first-order chi connectivity index (χ1) is 16.1. The molecule has 0 atom stereocenters. The van der Waals surface area contributed by atoms with Gasteiger partial charge in [-0.1, -0.05) is 0 Å². The molecule has 1 N–H and O–H groups in total. The van der Waals surface area contributed by atoms with Crippen molar-refractivity contribution in [1.29, 1.82) is 0 Å². The first kappa shape index (κ1) is 23.2. The number of fused-ring (bicyclic) bond motifs is 1. The lowest BCUT2D eigenvalue weighted by Crippen LogP contribution is -2.36. The van der Waals surface area contributed by atoms with E-state index in [9.17, 15) is 32.9 Å². The number of benzene rings is 2. The summed E-state index contributed by atoms with van der Waals surface area (Å²) < 4.78 is 49.2. The summed E-state index contributed by atoms with van der Waals surface area (Å²) in [7, 11) is 0. The summed E-state index contributed by atoms with van der Waals surface area (Å²) in [6, 6.07) is 6.39. The predicted octanol–water partition coefficient (Wildman–Crippen LogP) is 3.04. The zero-order valence-electron chi connectivity index (χ0n) is 17.4. The molecule has 0 aliphatic carbocycles. The van der Waals surface area contributed by atoms with Gasteiger partial charge in [-0.15, -0.1) is 0 Å². The zero-order valence-corrected chi connectivity index (χ0v) is 17.4. The highest BCUT2D eigenvalue weighted by Crippen LogP contribution is 2.31. The van der Waals surface area contributed by atoms with Crippen molar-refractivity contribution < 1.29 is 32.4 Å². The number of nitrogens with one attached hydrogen (secondary N) is 1. The molecular weight excluding hydrogens is 461 g/mol. The first-order valence-electron chi connectivity index (χ1n) is 10.0. The van der Waals surface area contributed by atoms with Gasteiger partial charge >= 0.3 is 12.1 Å². The van der Waals surface area contributed by atoms with Gasteiger partial charge in [0.2, 0.25) is 0 Å². The minimum absolute atomic E-state index is 0.0580. The fourth-order valence-corrected chi connectivity index (χ4v) is 3.52. The molecule has 0 saturated carbocycles. The predicted molar refractivity (Wildman–Crippen MR) is 113 cm³/mol. The molecule has 3 aromatic rings. The number of halogens is 3. The van der Waals surface area contributed by atoms with E-state index in [1.54, 1.807) is 4.90 Å². The Balaban J connectivity index is 1.54. The molecule has 178 valence electrons. The van der Waals surface area contributed by atoms with Crippen LogP contribution in [-0.4, -0.2) is 47.2 Å². The van der Waals surface area contributed by atoms with Crippen molar-refractivity contribution in [2.75, 3.05) is 31.2 Å². The Morgan fingerprint density at radius 3 is 2.62 bits per heavy atom. The zero-order chi connectivity index (χ0) is 24.5. The molecule has 34 heavy (non-hydrogen) atoms. The fraction of sp³-hybridized carbons (Fsp3) is 0.286. The molecule has 1 aromatic heterocycles. The third-order valence-corrected chi connectivity index (χ3v) is 5.18. The van der Waals surface area contributed by atoms with E-state index < -0.39 is 34.8 Å². The molecule has 1 aliphatic heterocycles. The van der Waals surface area contributed by atoms with E-state index in [0.29, 0.717) is 32.0 Å². The Morgan fingerprint density at radius 1 is 1.21 bits per heavy atom. The number of aromatic amines is 1. The number of alkyl halides is 3. The van der Waals surface area contributed by atoms with Gasteiger partial charge in [0, 0.05) is 19.2 Å². The smallest absolute Gasteiger partial charge is 0.416 e. The van der Waals surface area contributed by atoms with Crippen molar-refractivity contribution in [1.82, 2.24) is 9.97 Å². The van der Waals surface area contributed by atoms with Gasteiger partial charge in [0.15, 0.2) is 0 Å². The number of nitrogens with zero attached hydrogens (tertiary/aromatic N) is 3. The second-order valence-electron chi connectivity index (χ2n) is 7.38. The quantitative estimate of drug-likeness (QED) is 0.337. The summed E-state index contributed by atoms with van der Waals surface area (Å²) in [6.45, 7) is 1.20. The minimum atomic E-state index is -4.62. The van der Waals surface area contributed by atoms with E-state index in [1.807, 2.05) is 0 Å². The average Bonchev–Trinajstić information content (AvgIpc) is 2.81. The molecule has 13 heteroatoms. The van der Waals surface area contributed by atoms with Gasteiger partial charge in [-0.05, 0) is 30.3 Å². The van der Waals surface area contributed by atoms with E-state index in [2.05, 4.69) is 9.97 Å². The summed E-state index contributed by atoms with van der Waals surface area (Å²) in [4.78, 5) is 43.6. The van der Waals surface area contributed by atoms with Crippen molar-refractivity contribution in [3.63, 3.8) is 0 Å².